The Bertz CT molecular complexity index is 1050. The Labute approximate surface area is 170 Å². The molecule has 144 valence electrons. The summed E-state index contributed by atoms with van der Waals surface area (Å²) in [6, 6.07) is 12.4. The lowest BCUT2D eigenvalue weighted by molar-refractivity contribution is -0.116. The van der Waals surface area contributed by atoms with Crippen LogP contribution in [-0.4, -0.2) is 28.3 Å². The second kappa shape index (κ2) is 8.99. The molecule has 6 nitrogen and oxygen atoms in total. The minimum atomic E-state index is -0.166. The normalized spacial score (nSPS) is 10.6. The Morgan fingerprint density at radius 2 is 1.79 bits per heavy atom. The van der Waals surface area contributed by atoms with E-state index in [1.165, 1.54) is 30.0 Å². The molecule has 0 saturated heterocycles. The standard InChI is InChI=1S/C20H19N3O3S2/c1-3-18(25)21-15-7-8-16-17(10-15)28-20(23-16)27-11-19(26)22-14-6-4-5-13(9-14)12(2)24/h4-10H,3,11H2,1-2H3,(H,21,25)(H,22,26). The minimum Gasteiger partial charge on any atom is -0.326 e. The molecule has 0 aliphatic rings. The number of rotatable bonds is 7. The van der Waals surface area contributed by atoms with Gasteiger partial charge in [0.25, 0.3) is 0 Å². The molecular formula is C20H19N3O3S2. The van der Waals surface area contributed by atoms with E-state index in [1.807, 2.05) is 18.2 Å². The van der Waals surface area contributed by atoms with Crippen molar-refractivity contribution in [3.8, 4) is 0 Å². The second-order valence-corrected chi connectivity index (χ2v) is 8.29. The number of hydrogen-bond acceptors (Lipinski definition) is 6. The molecule has 2 N–H and O–H groups in total. The van der Waals surface area contributed by atoms with Gasteiger partial charge in [0.05, 0.1) is 16.0 Å². The van der Waals surface area contributed by atoms with Crippen LogP contribution in [0, 0.1) is 0 Å². The summed E-state index contributed by atoms with van der Waals surface area (Å²) in [7, 11) is 0. The van der Waals surface area contributed by atoms with E-state index < -0.39 is 0 Å². The van der Waals surface area contributed by atoms with Gasteiger partial charge in [0.2, 0.25) is 11.8 Å². The molecule has 1 aromatic heterocycles. The quantitative estimate of drug-likeness (QED) is 0.437. The van der Waals surface area contributed by atoms with Crippen LogP contribution in [0.1, 0.15) is 30.6 Å². The van der Waals surface area contributed by atoms with Crippen molar-refractivity contribution in [3.05, 3.63) is 48.0 Å². The van der Waals surface area contributed by atoms with Crippen molar-refractivity contribution in [1.29, 1.82) is 0 Å². The van der Waals surface area contributed by atoms with Crippen LogP contribution in [-0.2, 0) is 9.59 Å². The van der Waals surface area contributed by atoms with E-state index >= 15 is 0 Å². The van der Waals surface area contributed by atoms with Gasteiger partial charge in [-0.05, 0) is 37.3 Å². The van der Waals surface area contributed by atoms with Crippen molar-refractivity contribution in [1.82, 2.24) is 4.98 Å². The number of hydrogen-bond donors (Lipinski definition) is 2. The number of anilines is 2. The molecule has 0 radical (unpaired) electrons. The predicted octanol–water partition coefficient (Wildman–Crippen LogP) is 4.58. The van der Waals surface area contributed by atoms with Gasteiger partial charge in [-0.3, -0.25) is 14.4 Å². The van der Waals surface area contributed by atoms with E-state index in [1.54, 1.807) is 31.2 Å². The van der Waals surface area contributed by atoms with Crippen molar-refractivity contribution in [2.24, 2.45) is 0 Å². The number of carbonyl (C=O) groups is 3. The summed E-state index contributed by atoms with van der Waals surface area (Å²) >= 11 is 2.83. The number of Topliss-reactive ketones (excluding diaryl/α,β-unsaturated/α-hetero) is 1. The number of carbonyl (C=O) groups excluding carboxylic acids is 3. The molecular weight excluding hydrogens is 394 g/mol. The van der Waals surface area contributed by atoms with Gasteiger partial charge in [-0.2, -0.15) is 0 Å². The zero-order chi connectivity index (χ0) is 20.1. The number of ketones is 1. The summed E-state index contributed by atoms with van der Waals surface area (Å²) in [6.45, 7) is 3.29. The Balaban J connectivity index is 1.61. The molecule has 0 aliphatic heterocycles. The van der Waals surface area contributed by atoms with Crippen molar-refractivity contribution >= 4 is 62.3 Å². The third-order valence-corrected chi connectivity index (χ3v) is 6.01. The Hall–Kier alpha value is -2.71. The van der Waals surface area contributed by atoms with Gasteiger partial charge in [0.1, 0.15) is 0 Å². The molecule has 0 spiro atoms. The number of aromatic nitrogens is 1. The molecule has 28 heavy (non-hydrogen) atoms. The van der Waals surface area contributed by atoms with Crippen LogP contribution in [0.2, 0.25) is 0 Å². The van der Waals surface area contributed by atoms with Crippen LogP contribution >= 0.6 is 23.1 Å². The summed E-state index contributed by atoms with van der Waals surface area (Å²) in [5, 5.41) is 5.62. The van der Waals surface area contributed by atoms with Gasteiger partial charge in [0.15, 0.2) is 10.1 Å². The predicted molar refractivity (Wildman–Crippen MR) is 114 cm³/mol. The number of benzene rings is 2. The highest BCUT2D eigenvalue weighted by molar-refractivity contribution is 8.01. The molecule has 0 unspecified atom stereocenters. The summed E-state index contributed by atoms with van der Waals surface area (Å²) in [4.78, 5) is 39.7. The SMILES string of the molecule is CCC(=O)Nc1ccc2nc(SCC(=O)Nc3cccc(C(C)=O)c3)sc2c1. The minimum absolute atomic E-state index is 0.0380. The van der Waals surface area contributed by atoms with Crippen LogP contribution in [0.5, 0.6) is 0 Å². The highest BCUT2D eigenvalue weighted by Gasteiger charge is 2.10. The van der Waals surface area contributed by atoms with Crippen LogP contribution in [0.25, 0.3) is 10.2 Å². The molecule has 0 bridgehead atoms. The highest BCUT2D eigenvalue weighted by atomic mass is 32.2. The van der Waals surface area contributed by atoms with Gasteiger partial charge >= 0.3 is 0 Å². The van der Waals surface area contributed by atoms with E-state index in [-0.39, 0.29) is 23.4 Å². The average molecular weight is 414 g/mol. The summed E-state index contributed by atoms with van der Waals surface area (Å²) in [5.74, 6) is -0.0388. The molecule has 2 aromatic carbocycles. The van der Waals surface area contributed by atoms with Gasteiger partial charge < -0.3 is 10.6 Å². The van der Waals surface area contributed by atoms with Crippen molar-refractivity contribution in [2.75, 3.05) is 16.4 Å². The van der Waals surface area contributed by atoms with E-state index in [9.17, 15) is 14.4 Å². The second-order valence-electron chi connectivity index (χ2n) is 6.04. The van der Waals surface area contributed by atoms with E-state index in [2.05, 4.69) is 15.6 Å². The number of thiazole rings is 1. The first-order valence-corrected chi connectivity index (χ1v) is 10.5. The molecule has 0 aliphatic carbocycles. The van der Waals surface area contributed by atoms with Crippen molar-refractivity contribution < 1.29 is 14.4 Å². The number of thioether (sulfide) groups is 1. The molecule has 3 rings (SSSR count). The Morgan fingerprint density at radius 3 is 2.54 bits per heavy atom. The number of nitrogens with one attached hydrogen (secondary N) is 2. The van der Waals surface area contributed by atoms with Gasteiger partial charge in [-0.15, -0.1) is 11.3 Å². The fraction of sp³-hybridized carbons (Fsp3) is 0.200. The summed E-state index contributed by atoms with van der Waals surface area (Å²) in [5.41, 5.74) is 2.72. The largest absolute Gasteiger partial charge is 0.326 e. The zero-order valence-electron chi connectivity index (χ0n) is 15.4. The number of fused-ring (bicyclic) bond motifs is 1. The topological polar surface area (TPSA) is 88.2 Å². The Kier molecular flexibility index (Phi) is 6.43. The van der Waals surface area contributed by atoms with Crippen LogP contribution < -0.4 is 10.6 Å². The first-order chi connectivity index (χ1) is 13.4. The molecule has 0 fully saturated rings. The number of amides is 2. The van der Waals surface area contributed by atoms with Crippen LogP contribution in [0.3, 0.4) is 0 Å². The Morgan fingerprint density at radius 1 is 1.04 bits per heavy atom. The first-order valence-electron chi connectivity index (χ1n) is 8.68. The molecule has 2 amide bonds. The number of nitrogens with zero attached hydrogens (tertiary/aromatic N) is 1. The molecule has 3 aromatic rings. The maximum atomic E-state index is 12.2. The lowest BCUT2D eigenvalue weighted by Gasteiger charge is -2.05. The molecule has 8 heteroatoms. The van der Waals surface area contributed by atoms with E-state index in [0.717, 1.165) is 20.2 Å². The van der Waals surface area contributed by atoms with Gasteiger partial charge in [0, 0.05) is 23.4 Å². The van der Waals surface area contributed by atoms with Crippen LogP contribution in [0.4, 0.5) is 11.4 Å². The monoisotopic (exact) mass is 413 g/mol. The fourth-order valence-electron chi connectivity index (χ4n) is 2.43. The smallest absolute Gasteiger partial charge is 0.234 e. The maximum Gasteiger partial charge on any atom is 0.234 e. The lowest BCUT2D eigenvalue weighted by atomic mass is 10.1. The average Bonchev–Trinajstić information content (AvgIpc) is 3.08. The zero-order valence-corrected chi connectivity index (χ0v) is 17.1. The van der Waals surface area contributed by atoms with Crippen molar-refractivity contribution in [3.63, 3.8) is 0 Å². The van der Waals surface area contributed by atoms with Gasteiger partial charge in [-0.1, -0.05) is 30.8 Å². The molecule has 1 heterocycles. The van der Waals surface area contributed by atoms with Gasteiger partial charge in [-0.25, -0.2) is 4.98 Å². The lowest BCUT2D eigenvalue weighted by Crippen LogP contribution is -2.14. The van der Waals surface area contributed by atoms with E-state index in [0.29, 0.717) is 17.7 Å². The highest BCUT2D eigenvalue weighted by Crippen LogP contribution is 2.31. The summed E-state index contributed by atoms with van der Waals surface area (Å²) in [6.07, 6.45) is 0.423. The summed E-state index contributed by atoms with van der Waals surface area (Å²) < 4.78 is 1.73. The third kappa shape index (κ3) is 5.17. The third-order valence-electron chi connectivity index (χ3n) is 3.85. The van der Waals surface area contributed by atoms with Crippen molar-refractivity contribution in [2.45, 2.75) is 24.6 Å². The van der Waals surface area contributed by atoms with Crippen LogP contribution in [0.15, 0.2) is 46.8 Å². The molecule has 0 saturated carbocycles. The maximum absolute atomic E-state index is 12.2. The fourth-order valence-corrected chi connectivity index (χ4v) is 4.34. The molecule has 0 atom stereocenters. The first kappa shape index (κ1) is 20.0. The van der Waals surface area contributed by atoms with E-state index in [4.69, 9.17) is 0 Å².